The van der Waals surface area contributed by atoms with Crippen molar-refractivity contribution in [1.82, 2.24) is 10.2 Å². The summed E-state index contributed by atoms with van der Waals surface area (Å²) in [5.41, 5.74) is -1.07. The Morgan fingerprint density at radius 2 is 2.19 bits per heavy atom. The molecule has 7 heteroatoms. The van der Waals surface area contributed by atoms with Crippen LogP contribution in [0.4, 0.5) is 4.79 Å². The summed E-state index contributed by atoms with van der Waals surface area (Å²) in [6.07, 6.45) is 3.22. The van der Waals surface area contributed by atoms with E-state index in [2.05, 4.69) is 5.32 Å². The minimum Gasteiger partial charge on any atom is -0.481 e. The van der Waals surface area contributed by atoms with Crippen LogP contribution in [0.15, 0.2) is 0 Å². The second-order valence-electron chi connectivity index (χ2n) is 6.11. The number of carboxylic acids is 1. The minimum atomic E-state index is -1.07. The number of ether oxygens (including phenoxy) is 2. The third kappa shape index (κ3) is 3.65. The molecule has 21 heavy (non-hydrogen) atoms. The molecule has 0 spiro atoms. The van der Waals surface area contributed by atoms with E-state index in [1.165, 1.54) is 0 Å². The number of hydrogen-bond acceptors (Lipinski definition) is 4. The summed E-state index contributed by atoms with van der Waals surface area (Å²) >= 11 is 0. The second-order valence-corrected chi connectivity index (χ2v) is 6.11. The molecule has 0 aliphatic carbocycles. The number of likely N-dealkylation sites (N-methyl/N-ethyl adjacent to an activating group) is 1. The number of nitrogens with zero attached hydrogens (tertiary/aromatic N) is 1. The minimum absolute atomic E-state index is 0.0696. The molecule has 7 nitrogen and oxygen atoms in total. The molecule has 120 valence electrons. The van der Waals surface area contributed by atoms with Crippen molar-refractivity contribution >= 4 is 12.0 Å². The molecule has 2 N–H and O–H groups in total. The van der Waals surface area contributed by atoms with Gasteiger partial charge in [-0.25, -0.2) is 4.79 Å². The van der Waals surface area contributed by atoms with Crippen molar-refractivity contribution in [2.24, 2.45) is 5.41 Å². The van der Waals surface area contributed by atoms with Crippen LogP contribution < -0.4 is 5.32 Å². The molecule has 2 amide bonds. The monoisotopic (exact) mass is 300 g/mol. The van der Waals surface area contributed by atoms with Gasteiger partial charge < -0.3 is 24.8 Å². The Morgan fingerprint density at radius 1 is 1.43 bits per heavy atom. The average molecular weight is 300 g/mol. The van der Waals surface area contributed by atoms with Gasteiger partial charge in [-0.2, -0.15) is 0 Å². The van der Waals surface area contributed by atoms with Gasteiger partial charge in [0.1, 0.15) is 5.41 Å². The number of aliphatic carboxylic acids is 1. The molecule has 2 heterocycles. The molecule has 2 rings (SSSR count). The molecule has 2 saturated heterocycles. The molecule has 2 fully saturated rings. The van der Waals surface area contributed by atoms with Crippen LogP contribution in [0.25, 0.3) is 0 Å². The first-order chi connectivity index (χ1) is 9.93. The Bertz CT molecular complexity index is 397. The van der Waals surface area contributed by atoms with Gasteiger partial charge in [0.25, 0.3) is 0 Å². The van der Waals surface area contributed by atoms with Gasteiger partial charge in [-0.15, -0.1) is 0 Å². The van der Waals surface area contributed by atoms with Crippen molar-refractivity contribution in [3.8, 4) is 0 Å². The third-order valence-corrected chi connectivity index (χ3v) is 4.34. The van der Waals surface area contributed by atoms with Crippen molar-refractivity contribution in [3.63, 3.8) is 0 Å². The number of carboxylic acid groups (broad SMARTS) is 1. The van der Waals surface area contributed by atoms with Crippen LogP contribution in [0.3, 0.4) is 0 Å². The zero-order valence-electron chi connectivity index (χ0n) is 12.6. The number of rotatable bonds is 4. The fourth-order valence-corrected chi connectivity index (χ4v) is 2.68. The smallest absolute Gasteiger partial charge is 0.317 e. The summed E-state index contributed by atoms with van der Waals surface area (Å²) in [5, 5.41) is 12.1. The zero-order chi connectivity index (χ0) is 15.5. The summed E-state index contributed by atoms with van der Waals surface area (Å²) in [6, 6.07) is -0.802. The van der Waals surface area contributed by atoms with Crippen molar-refractivity contribution in [2.45, 2.75) is 38.3 Å². The van der Waals surface area contributed by atoms with Crippen molar-refractivity contribution in [3.05, 3.63) is 0 Å². The van der Waals surface area contributed by atoms with Crippen LogP contribution >= 0.6 is 0 Å². The van der Waals surface area contributed by atoms with Crippen molar-refractivity contribution in [2.75, 3.05) is 33.4 Å². The average Bonchev–Trinajstić information content (AvgIpc) is 2.82. The molecule has 3 atom stereocenters. The fourth-order valence-electron chi connectivity index (χ4n) is 2.68. The van der Waals surface area contributed by atoms with Crippen molar-refractivity contribution in [1.29, 1.82) is 0 Å². The van der Waals surface area contributed by atoms with E-state index < -0.39 is 17.4 Å². The van der Waals surface area contributed by atoms with Crippen LogP contribution in [0.1, 0.15) is 26.2 Å². The van der Waals surface area contributed by atoms with Crippen LogP contribution in [0, 0.1) is 5.41 Å². The summed E-state index contributed by atoms with van der Waals surface area (Å²) in [5.74, 6) is -0.955. The van der Waals surface area contributed by atoms with Gasteiger partial charge >= 0.3 is 12.0 Å². The molecule has 0 saturated carbocycles. The third-order valence-electron chi connectivity index (χ3n) is 4.34. The van der Waals surface area contributed by atoms with E-state index in [9.17, 15) is 14.7 Å². The molecule has 0 aromatic rings. The number of urea groups is 1. The van der Waals surface area contributed by atoms with Gasteiger partial charge in [0.15, 0.2) is 0 Å². The fraction of sp³-hybridized carbons (Fsp3) is 0.857. The Labute approximate surface area is 124 Å². The van der Waals surface area contributed by atoms with Crippen molar-refractivity contribution < 1.29 is 24.2 Å². The second kappa shape index (κ2) is 6.62. The molecule has 3 unspecified atom stereocenters. The Morgan fingerprint density at radius 3 is 2.81 bits per heavy atom. The lowest BCUT2D eigenvalue weighted by molar-refractivity contribution is -0.148. The van der Waals surface area contributed by atoms with Crippen LogP contribution in [0.2, 0.25) is 0 Å². The molecular formula is C14H24N2O5. The highest BCUT2D eigenvalue weighted by Gasteiger charge is 2.47. The highest BCUT2D eigenvalue weighted by Crippen LogP contribution is 2.28. The molecule has 0 bridgehead atoms. The summed E-state index contributed by atoms with van der Waals surface area (Å²) in [4.78, 5) is 25.1. The zero-order valence-corrected chi connectivity index (χ0v) is 12.6. The first-order valence-corrected chi connectivity index (χ1v) is 7.38. The maximum Gasteiger partial charge on any atom is 0.317 e. The largest absolute Gasteiger partial charge is 0.481 e. The SMILES string of the molecule is CN(CC1CCCCO1)C(=O)NC1COCC1(C)C(=O)O. The number of carbonyl (C=O) groups is 2. The van der Waals surface area contributed by atoms with Crippen LogP contribution in [0.5, 0.6) is 0 Å². The maximum atomic E-state index is 12.2. The highest BCUT2D eigenvalue weighted by atomic mass is 16.5. The van der Waals surface area contributed by atoms with Crippen LogP contribution in [-0.2, 0) is 14.3 Å². The van der Waals surface area contributed by atoms with E-state index in [1.54, 1.807) is 18.9 Å². The number of nitrogens with one attached hydrogen (secondary N) is 1. The van der Waals surface area contributed by atoms with Gasteiger partial charge in [-0.1, -0.05) is 0 Å². The lowest BCUT2D eigenvalue weighted by Gasteiger charge is -2.30. The van der Waals surface area contributed by atoms with E-state index in [-0.39, 0.29) is 25.3 Å². The van der Waals surface area contributed by atoms with Gasteiger partial charge in [0.05, 0.1) is 25.4 Å². The Balaban J connectivity index is 1.86. The first-order valence-electron chi connectivity index (χ1n) is 7.38. The standard InChI is InChI=1S/C14H24N2O5/c1-14(12(17)18)9-20-8-11(14)15-13(19)16(2)7-10-5-3-4-6-21-10/h10-11H,3-9H2,1-2H3,(H,15,19)(H,17,18). The first kappa shape index (κ1) is 16.0. The summed E-state index contributed by atoms with van der Waals surface area (Å²) in [7, 11) is 1.70. The molecule has 0 aromatic heterocycles. The molecular weight excluding hydrogens is 276 g/mol. The quantitative estimate of drug-likeness (QED) is 0.797. The summed E-state index contributed by atoms with van der Waals surface area (Å²) in [6.45, 7) is 3.19. The van der Waals surface area contributed by atoms with Crippen LogP contribution in [-0.4, -0.2) is 67.6 Å². The highest BCUT2D eigenvalue weighted by molar-refractivity contribution is 5.79. The predicted octanol–water partition coefficient (Wildman–Crippen LogP) is 0.687. The lowest BCUT2D eigenvalue weighted by atomic mass is 9.85. The Kier molecular flexibility index (Phi) is 5.05. The predicted molar refractivity (Wildman–Crippen MR) is 75.1 cm³/mol. The summed E-state index contributed by atoms with van der Waals surface area (Å²) < 4.78 is 10.8. The Hall–Kier alpha value is -1.34. The van der Waals surface area contributed by atoms with E-state index in [0.717, 1.165) is 25.9 Å². The van der Waals surface area contributed by atoms with E-state index in [4.69, 9.17) is 9.47 Å². The molecule has 0 radical (unpaired) electrons. The number of amides is 2. The lowest BCUT2D eigenvalue weighted by Crippen LogP contribution is -2.53. The van der Waals surface area contributed by atoms with E-state index in [0.29, 0.717) is 6.54 Å². The number of carbonyl (C=O) groups excluding carboxylic acids is 1. The normalized spacial score (nSPS) is 32.7. The van der Waals surface area contributed by atoms with Gasteiger partial charge in [-0.05, 0) is 26.2 Å². The molecule has 0 aromatic carbocycles. The van der Waals surface area contributed by atoms with E-state index in [1.807, 2.05) is 0 Å². The topological polar surface area (TPSA) is 88.1 Å². The van der Waals surface area contributed by atoms with Gasteiger partial charge in [0.2, 0.25) is 0 Å². The van der Waals surface area contributed by atoms with Gasteiger partial charge in [0, 0.05) is 20.2 Å². The maximum absolute atomic E-state index is 12.2. The van der Waals surface area contributed by atoms with Gasteiger partial charge in [-0.3, -0.25) is 4.79 Å². The molecule has 2 aliphatic heterocycles. The number of hydrogen-bond donors (Lipinski definition) is 2. The van der Waals surface area contributed by atoms with E-state index >= 15 is 0 Å². The molecule has 2 aliphatic rings.